The zero-order valence-electron chi connectivity index (χ0n) is 10.8. The zero-order valence-corrected chi connectivity index (χ0v) is 10.8. The Morgan fingerprint density at radius 1 is 1.17 bits per heavy atom. The number of aliphatic hydroxyl groups excluding tert-OH is 1. The minimum atomic E-state index is -0.0874. The fourth-order valence-corrected chi connectivity index (χ4v) is 2.90. The maximum Gasteiger partial charge on any atom is 0.0602 e. The third kappa shape index (κ3) is 2.10. The molecule has 0 saturated heterocycles. The second-order valence-corrected chi connectivity index (χ2v) is 5.32. The molecule has 0 unspecified atom stereocenters. The van der Waals surface area contributed by atoms with Gasteiger partial charge in [0.15, 0.2) is 0 Å². The largest absolute Gasteiger partial charge is 0.393 e. The van der Waals surface area contributed by atoms with E-state index in [9.17, 15) is 5.11 Å². The first-order valence-electron chi connectivity index (χ1n) is 6.72. The second kappa shape index (κ2) is 4.65. The van der Waals surface area contributed by atoms with E-state index in [1.807, 2.05) is 0 Å². The summed E-state index contributed by atoms with van der Waals surface area (Å²) in [6.07, 6.45) is 6.03. The lowest BCUT2D eigenvalue weighted by Crippen LogP contribution is -2.28. The summed E-state index contributed by atoms with van der Waals surface area (Å²) in [5, 5.41) is 14.5. The van der Waals surface area contributed by atoms with Gasteiger partial charge >= 0.3 is 0 Å². The number of hydrogen-bond donors (Lipinski definition) is 2. The lowest BCUT2D eigenvalue weighted by atomic mass is 9.93. The van der Waals surface area contributed by atoms with Crippen LogP contribution in [-0.4, -0.2) is 21.8 Å². The van der Waals surface area contributed by atoms with Crippen molar-refractivity contribution in [3.05, 3.63) is 30.5 Å². The van der Waals surface area contributed by atoms with E-state index in [0.717, 1.165) is 25.7 Å². The van der Waals surface area contributed by atoms with Crippen molar-refractivity contribution >= 4 is 16.6 Å². The highest BCUT2D eigenvalue weighted by Crippen LogP contribution is 2.28. The van der Waals surface area contributed by atoms with Crippen molar-refractivity contribution in [2.75, 3.05) is 5.32 Å². The van der Waals surface area contributed by atoms with E-state index in [1.165, 1.54) is 16.6 Å². The summed E-state index contributed by atoms with van der Waals surface area (Å²) in [5.74, 6) is 0. The van der Waals surface area contributed by atoms with Gasteiger partial charge in [0.05, 0.1) is 11.8 Å². The first-order valence-corrected chi connectivity index (χ1v) is 6.72. The Bertz CT molecular complexity index is 538. The smallest absolute Gasteiger partial charge is 0.0602 e. The van der Waals surface area contributed by atoms with E-state index < -0.39 is 0 Å². The molecular formula is C15H20N2O. The molecule has 18 heavy (non-hydrogen) atoms. The molecule has 0 radical (unpaired) electrons. The molecule has 2 aromatic rings. The monoisotopic (exact) mass is 244 g/mol. The molecule has 0 spiro atoms. The van der Waals surface area contributed by atoms with E-state index >= 15 is 0 Å². The third-order valence-corrected chi connectivity index (χ3v) is 3.95. The zero-order chi connectivity index (χ0) is 12.5. The maximum atomic E-state index is 9.54. The van der Waals surface area contributed by atoms with Gasteiger partial charge in [0.25, 0.3) is 0 Å². The normalized spacial score (nSPS) is 24.3. The van der Waals surface area contributed by atoms with Crippen LogP contribution < -0.4 is 5.32 Å². The van der Waals surface area contributed by atoms with Crippen LogP contribution in [0.5, 0.6) is 0 Å². The van der Waals surface area contributed by atoms with Gasteiger partial charge in [-0.2, -0.15) is 0 Å². The lowest BCUT2D eigenvalue weighted by Gasteiger charge is -2.26. The fourth-order valence-electron chi connectivity index (χ4n) is 2.90. The van der Waals surface area contributed by atoms with Gasteiger partial charge in [-0.05, 0) is 31.7 Å². The number of para-hydroxylation sites is 1. The standard InChI is InChI=1S/C15H20N2O/c1-17-10-14(13-4-2-3-5-15(13)17)16-11-6-8-12(18)9-7-11/h2-5,10-12,16,18H,6-9H2,1H3. The predicted molar refractivity (Wildman–Crippen MR) is 74.8 cm³/mol. The van der Waals surface area contributed by atoms with Crippen LogP contribution >= 0.6 is 0 Å². The predicted octanol–water partition coefficient (Wildman–Crippen LogP) is 2.89. The summed E-state index contributed by atoms with van der Waals surface area (Å²) in [5.41, 5.74) is 2.48. The number of anilines is 1. The number of nitrogens with one attached hydrogen (secondary N) is 1. The number of aryl methyl sites for hydroxylation is 1. The topological polar surface area (TPSA) is 37.2 Å². The summed E-state index contributed by atoms with van der Waals surface area (Å²) in [7, 11) is 2.08. The van der Waals surface area contributed by atoms with Gasteiger partial charge in [-0.15, -0.1) is 0 Å². The Kier molecular flexibility index (Phi) is 3.00. The Morgan fingerprint density at radius 3 is 2.67 bits per heavy atom. The lowest BCUT2D eigenvalue weighted by molar-refractivity contribution is 0.126. The molecular weight excluding hydrogens is 224 g/mol. The molecule has 0 atom stereocenters. The molecule has 1 fully saturated rings. The first kappa shape index (κ1) is 11.6. The molecule has 96 valence electrons. The Labute approximate surface area is 107 Å². The van der Waals surface area contributed by atoms with Crippen molar-refractivity contribution < 1.29 is 5.11 Å². The summed E-state index contributed by atoms with van der Waals surface area (Å²) >= 11 is 0. The number of hydrogen-bond acceptors (Lipinski definition) is 2. The summed E-state index contributed by atoms with van der Waals surface area (Å²) in [6, 6.07) is 8.96. The maximum absolute atomic E-state index is 9.54. The molecule has 2 N–H and O–H groups in total. The number of aromatic nitrogens is 1. The highest BCUT2D eigenvalue weighted by atomic mass is 16.3. The molecule has 0 bridgehead atoms. The van der Waals surface area contributed by atoms with E-state index in [2.05, 4.69) is 47.4 Å². The van der Waals surface area contributed by atoms with Crippen molar-refractivity contribution in [1.82, 2.24) is 4.57 Å². The van der Waals surface area contributed by atoms with Gasteiger partial charge in [0.1, 0.15) is 0 Å². The van der Waals surface area contributed by atoms with Crippen molar-refractivity contribution in [3.8, 4) is 0 Å². The highest BCUT2D eigenvalue weighted by Gasteiger charge is 2.20. The van der Waals surface area contributed by atoms with Gasteiger partial charge < -0.3 is 15.0 Å². The molecule has 1 aromatic carbocycles. The molecule has 1 saturated carbocycles. The van der Waals surface area contributed by atoms with Gasteiger partial charge in [-0.25, -0.2) is 0 Å². The quantitative estimate of drug-likeness (QED) is 0.852. The van der Waals surface area contributed by atoms with Crippen LogP contribution in [-0.2, 0) is 7.05 Å². The Balaban J connectivity index is 1.82. The van der Waals surface area contributed by atoms with Crippen LogP contribution in [0.25, 0.3) is 10.9 Å². The molecule has 3 nitrogen and oxygen atoms in total. The number of benzene rings is 1. The molecule has 3 heteroatoms. The Morgan fingerprint density at radius 2 is 1.89 bits per heavy atom. The van der Waals surface area contributed by atoms with Crippen molar-refractivity contribution in [3.63, 3.8) is 0 Å². The van der Waals surface area contributed by atoms with E-state index in [-0.39, 0.29) is 6.10 Å². The number of nitrogens with zero attached hydrogens (tertiary/aromatic N) is 1. The molecule has 1 aliphatic carbocycles. The van der Waals surface area contributed by atoms with Gasteiger partial charge in [0.2, 0.25) is 0 Å². The van der Waals surface area contributed by atoms with Crippen LogP contribution in [0.4, 0.5) is 5.69 Å². The average Bonchev–Trinajstić information content (AvgIpc) is 2.70. The van der Waals surface area contributed by atoms with Crippen molar-refractivity contribution in [1.29, 1.82) is 0 Å². The van der Waals surface area contributed by atoms with Crippen LogP contribution in [0.2, 0.25) is 0 Å². The van der Waals surface area contributed by atoms with Crippen LogP contribution in [0.1, 0.15) is 25.7 Å². The van der Waals surface area contributed by atoms with E-state index in [1.54, 1.807) is 0 Å². The molecule has 0 aliphatic heterocycles. The molecule has 1 aliphatic rings. The summed E-state index contributed by atoms with van der Waals surface area (Å²) < 4.78 is 2.16. The minimum Gasteiger partial charge on any atom is -0.393 e. The van der Waals surface area contributed by atoms with E-state index in [0.29, 0.717) is 6.04 Å². The van der Waals surface area contributed by atoms with Crippen LogP contribution in [0, 0.1) is 0 Å². The number of fused-ring (bicyclic) bond motifs is 1. The van der Waals surface area contributed by atoms with Gasteiger partial charge in [-0.1, -0.05) is 18.2 Å². The fraction of sp³-hybridized carbons (Fsp3) is 0.467. The van der Waals surface area contributed by atoms with Crippen molar-refractivity contribution in [2.45, 2.75) is 37.8 Å². The SMILES string of the molecule is Cn1cc(NC2CCC(O)CC2)c2ccccc21. The first-order chi connectivity index (χ1) is 8.74. The summed E-state index contributed by atoms with van der Waals surface area (Å²) in [4.78, 5) is 0. The van der Waals surface area contributed by atoms with Crippen LogP contribution in [0.3, 0.4) is 0 Å². The Hall–Kier alpha value is -1.48. The summed E-state index contributed by atoms with van der Waals surface area (Å²) in [6.45, 7) is 0. The van der Waals surface area contributed by atoms with Crippen LogP contribution in [0.15, 0.2) is 30.5 Å². The number of rotatable bonds is 2. The van der Waals surface area contributed by atoms with Gasteiger partial charge in [-0.3, -0.25) is 0 Å². The molecule has 0 amide bonds. The molecule has 1 aromatic heterocycles. The highest BCUT2D eigenvalue weighted by molar-refractivity contribution is 5.93. The molecule has 3 rings (SSSR count). The number of aliphatic hydroxyl groups is 1. The van der Waals surface area contributed by atoms with Crippen molar-refractivity contribution in [2.24, 2.45) is 7.05 Å². The minimum absolute atomic E-state index is 0.0874. The van der Waals surface area contributed by atoms with Gasteiger partial charge in [0, 0.05) is 30.2 Å². The third-order valence-electron chi connectivity index (χ3n) is 3.95. The molecule has 1 heterocycles. The van der Waals surface area contributed by atoms with E-state index in [4.69, 9.17) is 0 Å². The second-order valence-electron chi connectivity index (χ2n) is 5.32. The average molecular weight is 244 g/mol.